The molecule has 0 saturated heterocycles. The zero-order valence-electron chi connectivity index (χ0n) is 14.6. The van der Waals surface area contributed by atoms with Crippen LogP contribution >= 0.6 is 11.6 Å². The zero-order valence-corrected chi connectivity index (χ0v) is 15.3. The van der Waals surface area contributed by atoms with E-state index in [1.807, 2.05) is 24.3 Å². The molecule has 2 heterocycles. The van der Waals surface area contributed by atoms with Gasteiger partial charge in [-0.3, -0.25) is 9.48 Å². The minimum atomic E-state index is -0.386. The molecule has 0 radical (unpaired) electrons. The molecule has 3 aromatic rings. The lowest BCUT2D eigenvalue weighted by Gasteiger charge is -2.24. The van der Waals surface area contributed by atoms with E-state index in [0.717, 1.165) is 11.3 Å². The number of fused-ring (bicyclic) bond motifs is 1. The molecule has 4 rings (SSSR count). The number of hydrogen-bond donors (Lipinski definition) is 1. The van der Waals surface area contributed by atoms with E-state index in [4.69, 9.17) is 16.3 Å². The fraction of sp³-hybridized carbons (Fsp3) is 0.200. The van der Waals surface area contributed by atoms with Crippen LogP contribution in [-0.4, -0.2) is 15.7 Å². The van der Waals surface area contributed by atoms with Gasteiger partial charge in [0.05, 0.1) is 18.8 Å². The van der Waals surface area contributed by atoms with Crippen molar-refractivity contribution in [2.75, 3.05) is 5.32 Å². The lowest BCUT2D eigenvalue weighted by atomic mass is 10.1. The van der Waals surface area contributed by atoms with Crippen LogP contribution in [0.1, 0.15) is 33.4 Å². The molecule has 1 aliphatic rings. The second-order valence-electron chi connectivity index (χ2n) is 6.47. The quantitative estimate of drug-likeness (QED) is 0.721. The predicted octanol–water partition coefficient (Wildman–Crippen LogP) is 4.51. The molecule has 27 heavy (non-hydrogen) atoms. The average molecular weight is 386 g/mol. The summed E-state index contributed by atoms with van der Waals surface area (Å²) < 4.78 is 21.3. The summed E-state index contributed by atoms with van der Waals surface area (Å²) >= 11 is 5.93. The first-order valence-corrected chi connectivity index (χ1v) is 8.89. The number of nitrogens with one attached hydrogen (secondary N) is 1. The van der Waals surface area contributed by atoms with Crippen LogP contribution in [-0.2, 0) is 17.9 Å². The van der Waals surface area contributed by atoms with Gasteiger partial charge < -0.3 is 10.1 Å². The van der Waals surface area contributed by atoms with E-state index in [9.17, 15) is 9.18 Å². The predicted molar refractivity (Wildman–Crippen MR) is 100 cm³/mol. The van der Waals surface area contributed by atoms with Crippen LogP contribution in [0.3, 0.4) is 0 Å². The highest BCUT2D eigenvalue weighted by atomic mass is 35.5. The van der Waals surface area contributed by atoms with Crippen molar-refractivity contribution in [2.24, 2.45) is 0 Å². The van der Waals surface area contributed by atoms with Crippen molar-refractivity contribution in [1.82, 2.24) is 9.78 Å². The maximum Gasteiger partial charge on any atom is 0.276 e. The molecule has 0 aliphatic carbocycles. The molecule has 0 fully saturated rings. The number of carbonyl (C=O) groups is 1. The molecule has 1 N–H and O–H groups in total. The number of nitrogens with zero attached hydrogens (tertiary/aromatic N) is 2. The molecule has 138 valence electrons. The summed E-state index contributed by atoms with van der Waals surface area (Å²) in [5.41, 5.74) is 3.01. The van der Waals surface area contributed by atoms with Gasteiger partial charge in [0.2, 0.25) is 0 Å². The fourth-order valence-corrected chi connectivity index (χ4v) is 3.11. The minimum Gasteiger partial charge on any atom is -0.365 e. The van der Waals surface area contributed by atoms with Gasteiger partial charge in [-0.1, -0.05) is 29.8 Å². The van der Waals surface area contributed by atoms with Crippen LogP contribution in [0.5, 0.6) is 0 Å². The lowest BCUT2D eigenvalue weighted by Crippen LogP contribution is -2.22. The Balaban J connectivity index is 1.50. The molecule has 0 spiro atoms. The van der Waals surface area contributed by atoms with Crippen molar-refractivity contribution in [3.63, 3.8) is 0 Å². The number of hydrogen-bond acceptors (Lipinski definition) is 3. The van der Waals surface area contributed by atoms with E-state index in [0.29, 0.717) is 29.4 Å². The maximum atomic E-state index is 13.7. The molecule has 1 atom stereocenters. The van der Waals surface area contributed by atoms with E-state index >= 15 is 0 Å². The van der Waals surface area contributed by atoms with E-state index in [-0.39, 0.29) is 23.5 Å². The first kappa shape index (κ1) is 17.7. The summed E-state index contributed by atoms with van der Waals surface area (Å²) in [6.45, 7) is 2.53. The van der Waals surface area contributed by atoms with Gasteiger partial charge in [0.15, 0.2) is 5.69 Å². The zero-order chi connectivity index (χ0) is 19.0. The Kier molecular flexibility index (Phi) is 4.68. The molecule has 1 amide bonds. The lowest BCUT2D eigenvalue weighted by molar-refractivity contribution is -0.00118. The van der Waals surface area contributed by atoms with E-state index < -0.39 is 0 Å². The Bertz CT molecular complexity index is 1000. The van der Waals surface area contributed by atoms with E-state index in [1.165, 1.54) is 6.07 Å². The monoisotopic (exact) mass is 385 g/mol. The highest BCUT2D eigenvalue weighted by molar-refractivity contribution is 6.30. The second-order valence-corrected chi connectivity index (χ2v) is 6.91. The molecule has 0 bridgehead atoms. The third-order valence-corrected chi connectivity index (χ3v) is 4.79. The van der Waals surface area contributed by atoms with Gasteiger partial charge in [0.25, 0.3) is 5.91 Å². The number of aromatic nitrogens is 2. The Hall–Kier alpha value is -2.70. The van der Waals surface area contributed by atoms with Crippen LogP contribution in [0.2, 0.25) is 5.02 Å². The van der Waals surface area contributed by atoms with Crippen LogP contribution in [0, 0.1) is 12.7 Å². The summed E-state index contributed by atoms with van der Waals surface area (Å²) in [4.78, 5) is 12.5. The van der Waals surface area contributed by atoms with Crippen LogP contribution in [0.15, 0.2) is 48.5 Å². The van der Waals surface area contributed by atoms with Crippen LogP contribution < -0.4 is 5.32 Å². The maximum absolute atomic E-state index is 13.7. The molecule has 2 aromatic carbocycles. The van der Waals surface area contributed by atoms with Crippen molar-refractivity contribution < 1.29 is 13.9 Å². The highest BCUT2D eigenvalue weighted by Crippen LogP contribution is 2.27. The van der Waals surface area contributed by atoms with Crippen molar-refractivity contribution in [3.05, 3.63) is 81.9 Å². The first-order chi connectivity index (χ1) is 13.0. The normalized spacial score (nSPS) is 16.0. The number of halogens is 2. The topological polar surface area (TPSA) is 56.2 Å². The van der Waals surface area contributed by atoms with Gasteiger partial charge in [-0.2, -0.15) is 5.10 Å². The second kappa shape index (κ2) is 7.13. The molecule has 1 aromatic heterocycles. The SMILES string of the molecule is Cc1ccc(NC(=O)c2cc3n(n2)C[C@H](c2ccc(Cl)cc2)OC3)cc1F. The van der Waals surface area contributed by atoms with Gasteiger partial charge in [0.1, 0.15) is 11.9 Å². The summed E-state index contributed by atoms with van der Waals surface area (Å²) in [6, 6.07) is 13.7. The van der Waals surface area contributed by atoms with Gasteiger partial charge in [-0.05, 0) is 48.4 Å². The summed E-state index contributed by atoms with van der Waals surface area (Å²) in [5.74, 6) is -0.751. The third-order valence-electron chi connectivity index (χ3n) is 4.54. The van der Waals surface area contributed by atoms with Gasteiger partial charge in [-0.15, -0.1) is 0 Å². The number of aryl methyl sites for hydroxylation is 1. The summed E-state index contributed by atoms with van der Waals surface area (Å²) in [7, 11) is 0. The minimum absolute atomic E-state index is 0.156. The Morgan fingerprint density at radius 3 is 2.78 bits per heavy atom. The average Bonchev–Trinajstić information content (AvgIpc) is 3.09. The third kappa shape index (κ3) is 3.72. The Labute approximate surface area is 160 Å². The molecule has 0 unspecified atom stereocenters. The number of benzene rings is 2. The largest absolute Gasteiger partial charge is 0.365 e. The van der Waals surface area contributed by atoms with Crippen molar-refractivity contribution in [1.29, 1.82) is 0 Å². The number of anilines is 1. The van der Waals surface area contributed by atoms with Crippen molar-refractivity contribution in [3.8, 4) is 0 Å². The number of amides is 1. The smallest absolute Gasteiger partial charge is 0.276 e. The first-order valence-electron chi connectivity index (χ1n) is 8.51. The molecular formula is C20H17ClFN3O2. The number of rotatable bonds is 3. The van der Waals surface area contributed by atoms with Crippen LogP contribution in [0.4, 0.5) is 10.1 Å². The fourth-order valence-electron chi connectivity index (χ4n) is 2.98. The van der Waals surface area contributed by atoms with E-state index in [1.54, 1.807) is 29.8 Å². The summed E-state index contributed by atoms with van der Waals surface area (Å²) in [5, 5.41) is 7.73. The molecule has 7 heteroatoms. The van der Waals surface area contributed by atoms with Gasteiger partial charge in [0, 0.05) is 10.7 Å². The Morgan fingerprint density at radius 2 is 2.04 bits per heavy atom. The number of carbonyl (C=O) groups excluding carboxylic acids is 1. The molecule has 0 saturated carbocycles. The molecule has 1 aliphatic heterocycles. The summed E-state index contributed by atoms with van der Waals surface area (Å²) in [6.07, 6.45) is -0.156. The molecule has 5 nitrogen and oxygen atoms in total. The molecular weight excluding hydrogens is 369 g/mol. The Morgan fingerprint density at radius 1 is 1.26 bits per heavy atom. The highest BCUT2D eigenvalue weighted by Gasteiger charge is 2.24. The van der Waals surface area contributed by atoms with Crippen molar-refractivity contribution >= 4 is 23.2 Å². The van der Waals surface area contributed by atoms with Crippen LogP contribution in [0.25, 0.3) is 0 Å². The van der Waals surface area contributed by atoms with Gasteiger partial charge >= 0.3 is 0 Å². The van der Waals surface area contributed by atoms with E-state index in [2.05, 4.69) is 10.4 Å². The number of ether oxygens (including phenoxy) is 1. The van der Waals surface area contributed by atoms with Gasteiger partial charge in [-0.25, -0.2) is 4.39 Å². The standard InChI is InChI=1S/C20H17ClFN3O2/c1-12-2-7-15(8-17(12)22)23-20(26)18-9-16-11-27-19(10-25(16)24-18)13-3-5-14(21)6-4-13/h2-9,19H,10-11H2,1H3,(H,23,26)/t19-/m1/s1. The van der Waals surface area contributed by atoms with Crippen molar-refractivity contribution in [2.45, 2.75) is 26.2 Å².